The van der Waals surface area contributed by atoms with E-state index in [0.717, 1.165) is 80.9 Å². The van der Waals surface area contributed by atoms with Gasteiger partial charge in [0, 0.05) is 55.2 Å². The quantitative estimate of drug-likeness (QED) is 0.298. The fourth-order valence-electron chi connectivity index (χ4n) is 6.71. The molecule has 1 unspecified atom stereocenters. The molecule has 6 heterocycles. The lowest BCUT2D eigenvalue weighted by Gasteiger charge is -2.44. The first kappa shape index (κ1) is 27.4. The van der Waals surface area contributed by atoms with Crippen molar-refractivity contribution in [2.24, 2.45) is 5.92 Å². The van der Waals surface area contributed by atoms with E-state index in [1.54, 1.807) is 19.4 Å². The number of carbonyl (C=O) groups excluding carboxylic acids is 1. The molecule has 1 atom stereocenters. The maximum absolute atomic E-state index is 13.2. The summed E-state index contributed by atoms with van der Waals surface area (Å²) in [5, 5.41) is 16.7. The van der Waals surface area contributed by atoms with Gasteiger partial charge in [-0.3, -0.25) is 9.78 Å². The SMILES string of the molecule is COc1cc(C(=O)NC2CN3CCC2CC3)ccc1-c1cc2nccc(-c3ccc(NC4CCOCC4)c(C#N)c3)c2o1. The number of ether oxygens (including phenoxy) is 2. The Bertz CT molecular complexity index is 1690. The molecular weight excluding hydrogens is 542 g/mol. The van der Waals surface area contributed by atoms with Crippen LogP contribution in [-0.4, -0.2) is 67.8 Å². The molecule has 0 spiro atoms. The summed E-state index contributed by atoms with van der Waals surface area (Å²) in [7, 11) is 1.60. The Morgan fingerprint density at radius 3 is 2.63 bits per heavy atom. The lowest BCUT2D eigenvalue weighted by molar-refractivity contribution is 0.0620. The number of carbonyl (C=O) groups is 1. The van der Waals surface area contributed by atoms with Crippen LogP contribution in [0, 0.1) is 17.2 Å². The molecule has 2 bridgehead atoms. The molecule has 4 aliphatic heterocycles. The Labute approximate surface area is 250 Å². The van der Waals surface area contributed by atoms with Crippen molar-refractivity contribution < 1.29 is 18.7 Å². The van der Waals surface area contributed by atoms with Crippen LogP contribution in [-0.2, 0) is 4.74 Å². The van der Waals surface area contributed by atoms with Crippen molar-refractivity contribution in [3.8, 4) is 34.3 Å². The maximum atomic E-state index is 13.2. The van der Waals surface area contributed by atoms with Crippen LogP contribution < -0.4 is 15.4 Å². The van der Waals surface area contributed by atoms with Crippen molar-refractivity contribution in [3.63, 3.8) is 0 Å². The third kappa shape index (κ3) is 5.44. The first-order valence-electron chi connectivity index (χ1n) is 15.1. The third-order valence-corrected chi connectivity index (χ3v) is 9.15. The summed E-state index contributed by atoms with van der Waals surface area (Å²) in [6.07, 6.45) is 5.87. The topological polar surface area (TPSA) is 113 Å². The molecule has 220 valence electrons. The van der Waals surface area contributed by atoms with Gasteiger partial charge in [0.15, 0.2) is 5.58 Å². The largest absolute Gasteiger partial charge is 0.496 e. The van der Waals surface area contributed by atoms with Crippen LogP contribution in [0.1, 0.15) is 41.6 Å². The number of hydrogen-bond acceptors (Lipinski definition) is 8. The number of nitrogens with one attached hydrogen (secondary N) is 2. The van der Waals surface area contributed by atoms with Gasteiger partial charge in [0.05, 0.1) is 23.9 Å². The summed E-state index contributed by atoms with van der Waals surface area (Å²) in [4.78, 5) is 20.2. The number of anilines is 1. The van der Waals surface area contributed by atoms with Crippen molar-refractivity contribution in [2.75, 3.05) is 45.3 Å². The molecule has 43 heavy (non-hydrogen) atoms. The molecule has 1 amide bonds. The molecule has 0 aliphatic carbocycles. The van der Waals surface area contributed by atoms with Crippen LogP contribution in [0.2, 0.25) is 0 Å². The zero-order chi connectivity index (χ0) is 29.3. The summed E-state index contributed by atoms with van der Waals surface area (Å²) >= 11 is 0. The highest BCUT2D eigenvalue weighted by Gasteiger charge is 2.35. The van der Waals surface area contributed by atoms with Gasteiger partial charge < -0.3 is 29.4 Å². The first-order valence-corrected chi connectivity index (χ1v) is 15.1. The van der Waals surface area contributed by atoms with Crippen molar-refractivity contribution in [1.29, 1.82) is 5.26 Å². The van der Waals surface area contributed by atoms with Crippen LogP contribution in [0.5, 0.6) is 5.75 Å². The van der Waals surface area contributed by atoms with E-state index < -0.39 is 0 Å². The number of hydrogen-bond donors (Lipinski definition) is 2. The van der Waals surface area contributed by atoms with Gasteiger partial charge in [-0.1, -0.05) is 6.07 Å². The van der Waals surface area contributed by atoms with E-state index in [0.29, 0.717) is 45.7 Å². The molecule has 8 rings (SSSR count). The Morgan fingerprint density at radius 1 is 1.05 bits per heavy atom. The Balaban J connectivity index is 1.15. The number of amides is 1. The van der Waals surface area contributed by atoms with Gasteiger partial charge in [-0.05, 0) is 86.7 Å². The van der Waals surface area contributed by atoms with E-state index in [4.69, 9.17) is 13.9 Å². The Hall–Kier alpha value is -4.39. The van der Waals surface area contributed by atoms with E-state index in [2.05, 4.69) is 26.6 Å². The minimum Gasteiger partial charge on any atom is -0.496 e. The van der Waals surface area contributed by atoms with Crippen LogP contribution in [0.25, 0.3) is 33.6 Å². The molecule has 2 aromatic heterocycles. The fourth-order valence-corrected chi connectivity index (χ4v) is 6.71. The second-order valence-corrected chi connectivity index (χ2v) is 11.7. The minimum absolute atomic E-state index is 0.0831. The average Bonchev–Trinajstić information content (AvgIpc) is 3.50. The van der Waals surface area contributed by atoms with E-state index in [1.165, 1.54) is 0 Å². The van der Waals surface area contributed by atoms with Gasteiger partial charge in [0.25, 0.3) is 5.91 Å². The summed E-state index contributed by atoms with van der Waals surface area (Å²) in [5.41, 5.74) is 5.73. The van der Waals surface area contributed by atoms with Crippen molar-refractivity contribution in [2.45, 2.75) is 37.8 Å². The second-order valence-electron chi connectivity index (χ2n) is 11.7. The summed E-state index contributed by atoms with van der Waals surface area (Å²) < 4.78 is 17.6. The lowest BCUT2D eigenvalue weighted by Crippen LogP contribution is -2.57. The molecule has 0 radical (unpaired) electrons. The van der Waals surface area contributed by atoms with E-state index in [9.17, 15) is 10.1 Å². The number of fused-ring (bicyclic) bond motifs is 4. The number of nitriles is 1. The highest BCUT2D eigenvalue weighted by atomic mass is 16.5. The van der Waals surface area contributed by atoms with Crippen molar-refractivity contribution >= 4 is 22.7 Å². The highest BCUT2D eigenvalue weighted by molar-refractivity contribution is 5.97. The Kier molecular flexibility index (Phi) is 7.47. The van der Waals surface area contributed by atoms with Crippen LogP contribution in [0.4, 0.5) is 5.69 Å². The molecular formula is C34H35N5O4. The number of methoxy groups -OCH3 is 1. The number of aromatic nitrogens is 1. The van der Waals surface area contributed by atoms with E-state index in [1.807, 2.05) is 42.5 Å². The van der Waals surface area contributed by atoms with Crippen LogP contribution in [0.3, 0.4) is 0 Å². The minimum atomic E-state index is -0.0831. The molecule has 4 saturated heterocycles. The number of piperidine rings is 3. The molecule has 2 N–H and O–H groups in total. The van der Waals surface area contributed by atoms with Crippen molar-refractivity contribution in [3.05, 3.63) is 65.9 Å². The second kappa shape index (κ2) is 11.7. The van der Waals surface area contributed by atoms with Gasteiger partial charge >= 0.3 is 0 Å². The molecule has 4 aromatic rings. The molecule has 4 fully saturated rings. The fraction of sp³-hybridized carbons (Fsp3) is 0.382. The van der Waals surface area contributed by atoms with Crippen molar-refractivity contribution in [1.82, 2.24) is 15.2 Å². The standard InChI is InChI=1S/C34H35N5O4/c1-41-31-17-23(34(40)38-30-20-39-12-7-21(30)8-13-39)2-4-27(31)32-18-29-33(43-32)26(6-11-36-29)22-3-5-28(24(16-22)19-35)37-25-9-14-42-15-10-25/h2-6,11,16-18,21,25,30,37H,7-10,12-15,20H2,1H3,(H,38,40). The van der Waals surface area contributed by atoms with Gasteiger partial charge in [-0.25, -0.2) is 0 Å². The number of furan rings is 1. The van der Waals surface area contributed by atoms with Gasteiger partial charge in [-0.15, -0.1) is 0 Å². The smallest absolute Gasteiger partial charge is 0.251 e. The predicted molar refractivity (Wildman–Crippen MR) is 164 cm³/mol. The monoisotopic (exact) mass is 577 g/mol. The van der Waals surface area contributed by atoms with E-state index in [-0.39, 0.29) is 11.9 Å². The van der Waals surface area contributed by atoms with Gasteiger partial charge in [-0.2, -0.15) is 5.26 Å². The number of benzene rings is 2. The Morgan fingerprint density at radius 2 is 1.88 bits per heavy atom. The summed E-state index contributed by atoms with van der Waals surface area (Å²) in [6.45, 7) is 4.64. The average molecular weight is 578 g/mol. The zero-order valence-corrected chi connectivity index (χ0v) is 24.3. The predicted octanol–water partition coefficient (Wildman–Crippen LogP) is 5.46. The zero-order valence-electron chi connectivity index (χ0n) is 24.3. The highest BCUT2D eigenvalue weighted by Crippen LogP contribution is 2.38. The molecule has 9 nitrogen and oxygen atoms in total. The normalized spacial score (nSPS) is 21.8. The van der Waals surface area contributed by atoms with Crippen LogP contribution in [0.15, 0.2) is 59.1 Å². The van der Waals surface area contributed by atoms with Gasteiger partial charge in [0.2, 0.25) is 0 Å². The molecule has 2 aromatic carbocycles. The summed E-state index contributed by atoms with van der Waals surface area (Å²) in [5.74, 6) is 1.61. The summed E-state index contributed by atoms with van der Waals surface area (Å²) in [6, 6.07) is 17.9. The lowest BCUT2D eigenvalue weighted by atomic mass is 9.84. The first-order chi connectivity index (χ1) is 21.1. The number of pyridine rings is 1. The van der Waals surface area contributed by atoms with E-state index >= 15 is 0 Å². The third-order valence-electron chi connectivity index (χ3n) is 9.15. The van der Waals surface area contributed by atoms with Gasteiger partial charge in [0.1, 0.15) is 23.1 Å². The molecule has 4 aliphatic rings. The van der Waals surface area contributed by atoms with Crippen LogP contribution >= 0.6 is 0 Å². The molecule has 9 heteroatoms. The molecule has 0 saturated carbocycles. The number of nitrogens with zero attached hydrogens (tertiary/aromatic N) is 3. The number of rotatable bonds is 7. The maximum Gasteiger partial charge on any atom is 0.251 e.